The van der Waals surface area contributed by atoms with E-state index < -0.39 is 0 Å². The van der Waals surface area contributed by atoms with Gasteiger partial charge in [-0.1, -0.05) is 42.0 Å². The number of hydrogen-bond acceptors (Lipinski definition) is 5. The second kappa shape index (κ2) is 9.24. The van der Waals surface area contributed by atoms with Crippen LogP contribution in [0, 0.1) is 6.92 Å². The Bertz CT molecular complexity index is 1120. The molecular formula is C23H25ClN4O2S. The van der Waals surface area contributed by atoms with E-state index in [4.69, 9.17) is 11.6 Å². The highest BCUT2D eigenvalue weighted by Gasteiger charge is 2.22. The van der Waals surface area contributed by atoms with Gasteiger partial charge in [-0.3, -0.25) is 9.59 Å². The van der Waals surface area contributed by atoms with Gasteiger partial charge in [0.25, 0.3) is 0 Å². The predicted molar refractivity (Wildman–Crippen MR) is 127 cm³/mol. The number of carbonyl (C=O) groups excluding carboxylic acids is 2. The van der Waals surface area contributed by atoms with Gasteiger partial charge in [0.15, 0.2) is 5.13 Å². The lowest BCUT2D eigenvalue weighted by Gasteiger charge is -2.37. The zero-order chi connectivity index (χ0) is 22.0. The first kappa shape index (κ1) is 21.6. The van der Waals surface area contributed by atoms with Crippen LogP contribution in [0.3, 0.4) is 0 Å². The summed E-state index contributed by atoms with van der Waals surface area (Å²) in [6, 6.07) is 11.8. The fourth-order valence-corrected chi connectivity index (χ4v) is 4.86. The summed E-state index contributed by atoms with van der Waals surface area (Å²) in [5.74, 6) is 0.0763. The van der Waals surface area contributed by atoms with Crippen LogP contribution in [-0.2, 0) is 16.0 Å². The Morgan fingerprint density at radius 3 is 2.65 bits per heavy atom. The summed E-state index contributed by atoms with van der Waals surface area (Å²) in [7, 11) is 0. The van der Waals surface area contributed by atoms with Crippen molar-refractivity contribution < 1.29 is 9.59 Å². The number of carbonyl (C=O) groups is 2. The van der Waals surface area contributed by atoms with E-state index in [0.717, 1.165) is 39.6 Å². The molecule has 0 atom stereocenters. The van der Waals surface area contributed by atoms with E-state index >= 15 is 0 Å². The Kier molecular flexibility index (Phi) is 6.43. The third-order valence-corrected chi connectivity index (χ3v) is 6.69. The maximum Gasteiger partial charge on any atom is 0.227 e. The molecule has 0 bridgehead atoms. The van der Waals surface area contributed by atoms with Gasteiger partial charge in [-0.05, 0) is 42.3 Å². The quantitative estimate of drug-likeness (QED) is 0.614. The molecule has 1 aliphatic heterocycles. The smallest absolute Gasteiger partial charge is 0.227 e. The molecule has 0 aliphatic carbocycles. The van der Waals surface area contributed by atoms with Crippen LogP contribution < -0.4 is 10.2 Å². The summed E-state index contributed by atoms with van der Waals surface area (Å²) < 4.78 is 0.970. The molecule has 3 aromatic rings. The number of aromatic nitrogens is 1. The number of benzene rings is 2. The fraction of sp³-hybridized carbons (Fsp3) is 0.348. The number of halogens is 1. The van der Waals surface area contributed by atoms with Crippen molar-refractivity contribution in [1.82, 2.24) is 9.88 Å². The zero-order valence-corrected chi connectivity index (χ0v) is 19.2. The zero-order valence-electron chi connectivity index (χ0n) is 17.7. The third-order valence-electron chi connectivity index (χ3n) is 5.52. The van der Waals surface area contributed by atoms with Crippen molar-refractivity contribution in [1.29, 1.82) is 0 Å². The molecule has 1 aromatic heterocycles. The number of hydrogen-bond donors (Lipinski definition) is 1. The highest BCUT2D eigenvalue weighted by molar-refractivity contribution is 7.22. The standard InChI is InChI=1S/C23H25ClN4O2S/c1-3-21(29)26-23-25-18-7-5-16(12-20(18)31-23)13-22(30)28-10-8-27(9-11-28)19-14-17(24)6-4-15(19)2/h4-7,12,14H,3,8-11,13H2,1-2H3,(H,25,26,29). The maximum absolute atomic E-state index is 12.9. The van der Waals surface area contributed by atoms with Crippen LogP contribution in [0.1, 0.15) is 24.5 Å². The van der Waals surface area contributed by atoms with Crippen LogP contribution in [0.15, 0.2) is 36.4 Å². The van der Waals surface area contributed by atoms with Gasteiger partial charge in [0.2, 0.25) is 11.8 Å². The average Bonchev–Trinajstić information content (AvgIpc) is 3.16. The SMILES string of the molecule is CCC(=O)Nc1nc2ccc(CC(=O)N3CCN(c4cc(Cl)ccc4C)CC3)cc2s1. The summed E-state index contributed by atoms with van der Waals surface area (Å²) in [6.07, 6.45) is 0.778. The van der Waals surface area contributed by atoms with E-state index in [9.17, 15) is 9.59 Å². The molecule has 6 nitrogen and oxygen atoms in total. The van der Waals surface area contributed by atoms with E-state index in [-0.39, 0.29) is 11.8 Å². The summed E-state index contributed by atoms with van der Waals surface area (Å²) in [4.78, 5) is 33.1. The van der Waals surface area contributed by atoms with E-state index in [1.165, 1.54) is 16.9 Å². The first-order valence-electron chi connectivity index (χ1n) is 10.4. The molecule has 0 unspecified atom stereocenters. The molecule has 4 rings (SSSR count). The first-order chi connectivity index (χ1) is 14.9. The number of rotatable bonds is 5. The van der Waals surface area contributed by atoms with E-state index in [1.807, 2.05) is 48.2 Å². The van der Waals surface area contributed by atoms with Crippen molar-refractivity contribution in [3.63, 3.8) is 0 Å². The third kappa shape index (κ3) is 4.99. The van der Waals surface area contributed by atoms with Crippen LogP contribution in [0.4, 0.5) is 10.8 Å². The molecule has 8 heteroatoms. The molecular weight excluding hydrogens is 432 g/mol. The number of anilines is 2. The van der Waals surface area contributed by atoms with Crippen molar-refractivity contribution in [2.24, 2.45) is 0 Å². The minimum absolute atomic E-state index is 0.0541. The van der Waals surface area contributed by atoms with Crippen LogP contribution in [-0.4, -0.2) is 47.9 Å². The minimum atomic E-state index is -0.0541. The second-order valence-electron chi connectivity index (χ2n) is 7.70. The molecule has 1 fully saturated rings. The molecule has 2 heterocycles. The van der Waals surface area contributed by atoms with E-state index in [0.29, 0.717) is 31.1 Å². The minimum Gasteiger partial charge on any atom is -0.368 e. The number of amides is 2. The van der Waals surface area contributed by atoms with Gasteiger partial charge in [0.05, 0.1) is 16.6 Å². The average molecular weight is 457 g/mol. The molecule has 1 saturated heterocycles. The van der Waals surface area contributed by atoms with Crippen molar-refractivity contribution in [2.45, 2.75) is 26.7 Å². The Labute approximate surface area is 190 Å². The summed E-state index contributed by atoms with van der Waals surface area (Å²) in [6.45, 7) is 6.87. The van der Waals surface area contributed by atoms with Crippen LogP contribution in [0.25, 0.3) is 10.2 Å². The topological polar surface area (TPSA) is 65.5 Å². The number of fused-ring (bicyclic) bond motifs is 1. The summed E-state index contributed by atoms with van der Waals surface area (Å²) >= 11 is 7.60. The van der Waals surface area contributed by atoms with Crippen molar-refractivity contribution in [3.8, 4) is 0 Å². The molecule has 2 amide bonds. The summed E-state index contributed by atoms with van der Waals surface area (Å²) in [5, 5.41) is 4.12. The Morgan fingerprint density at radius 1 is 1.13 bits per heavy atom. The number of aryl methyl sites for hydroxylation is 1. The Balaban J connectivity index is 1.38. The van der Waals surface area contributed by atoms with Crippen molar-refractivity contribution in [2.75, 3.05) is 36.4 Å². The number of nitrogens with one attached hydrogen (secondary N) is 1. The molecule has 162 valence electrons. The monoisotopic (exact) mass is 456 g/mol. The van der Waals surface area contributed by atoms with Gasteiger partial charge in [-0.15, -0.1) is 0 Å². The lowest BCUT2D eigenvalue weighted by Crippen LogP contribution is -2.49. The molecule has 2 aromatic carbocycles. The van der Waals surface area contributed by atoms with Crippen LogP contribution in [0.2, 0.25) is 5.02 Å². The van der Waals surface area contributed by atoms with Crippen LogP contribution in [0.5, 0.6) is 0 Å². The Hall–Kier alpha value is -2.64. The van der Waals surface area contributed by atoms with E-state index in [2.05, 4.69) is 22.1 Å². The molecule has 0 radical (unpaired) electrons. The highest BCUT2D eigenvalue weighted by Crippen LogP contribution is 2.28. The largest absolute Gasteiger partial charge is 0.368 e. The highest BCUT2D eigenvalue weighted by atomic mass is 35.5. The normalized spacial score (nSPS) is 14.2. The second-order valence-corrected chi connectivity index (χ2v) is 9.17. The molecule has 1 aliphatic rings. The Morgan fingerprint density at radius 2 is 1.90 bits per heavy atom. The van der Waals surface area contributed by atoms with E-state index in [1.54, 1.807) is 0 Å². The van der Waals surface area contributed by atoms with Gasteiger partial charge >= 0.3 is 0 Å². The fourth-order valence-electron chi connectivity index (χ4n) is 3.75. The summed E-state index contributed by atoms with van der Waals surface area (Å²) in [5.41, 5.74) is 4.12. The molecule has 0 spiro atoms. The molecule has 1 N–H and O–H groups in total. The van der Waals surface area contributed by atoms with Gasteiger partial charge in [-0.25, -0.2) is 4.98 Å². The number of thiazole rings is 1. The van der Waals surface area contributed by atoms with Crippen molar-refractivity contribution in [3.05, 3.63) is 52.5 Å². The van der Waals surface area contributed by atoms with Gasteiger partial charge in [-0.2, -0.15) is 0 Å². The van der Waals surface area contributed by atoms with Gasteiger partial charge in [0.1, 0.15) is 0 Å². The predicted octanol–water partition coefficient (Wildman–Crippen LogP) is 4.50. The lowest BCUT2D eigenvalue weighted by molar-refractivity contribution is -0.130. The van der Waals surface area contributed by atoms with Gasteiger partial charge < -0.3 is 15.1 Å². The van der Waals surface area contributed by atoms with Crippen LogP contribution >= 0.6 is 22.9 Å². The molecule has 31 heavy (non-hydrogen) atoms. The van der Waals surface area contributed by atoms with Gasteiger partial charge in [0, 0.05) is 43.3 Å². The number of piperazine rings is 1. The maximum atomic E-state index is 12.9. The first-order valence-corrected chi connectivity index (χ1v) is 11.6. The van der Waals surface area contributed by atoms with Crippen molar-refractivity contribution >= 4 is 55.8 Å². The number of nitrogens with zero attached hydrogens (tertiary/aromatic N) is 3. The lowest BCUT2D eigenvalue weighted by atomic mass is 10.1. The molecule has 0 saturated carbocycles.